The van der Waals surface area contributed by atoms with Gasteiger partial charge in [0.1, 0.15) is 0 Å². The molecule has 0 heterocycles. The van der Waals surface area contributed by atoms with E-state index in [9.17, 15) is 8.78 Å². The van der Waals surface area contributed by atoms with Crippen LogP contribution in [0.5, 0.6) is 0 Å². The molecule has 0 aromatic heterocycles. The molecule has 3 rings (SSSR count). The van der Waals surface area contributed by atoms with Crippen molar-refractivity contribution in [1.82, 2.24) is 0 Å². The Balaban J connectivity index is 2.25. The highest BCUT2D eigenvalue weighted by molar-refractivity contribution is 5.80. The Hall–Kier alpha value is -1.70. The van der Waals surface area contributed by atoms with Crippen LogP contribution in [0, 0.1) is 0 Å². The molecule has 0 bridgehead atoms. The fraction of sp³-hybridized carbons (Fsp3) is 0.368. The Labute approximate surface area is 124 Å². The van der Waals surface area contributed by atoms with Crippen molar-refractivity contribution in [3.63, 3.8) is 0 Å². The van der Waals surface area contributed by atoms with Crippen LogP contribution in [0.15, 0.2) is 36.4 Å². The molecule has 2 heteroatoms. The van der Waals surface area contributed by atoms with E-state index >= 15 is 0 Å². The molecule has 1 aliphatic rings. The van der Waals surface area contributed by atoms with Crippen molar-refractivity contribution in [3.05, 3.63) is 58.7 Å². The Kier molecular flexibility index (Phi) is 2.98. The highest BCUT2D eigenvalue weighted by Crippen LogP contribution is 2.51. The zero-order valence-electron chi connectivity index (χ0n) is 12.9. The number of hydrogen-bond acceptors (Lipinski definition) is 0. The number of rotatable bonds is 1. The maximum absolute atomic E-state index is 14.7. The zero-order valence-corrected chi connectivity index (χ0v) is 12.9. The molecule has 0 fully saturated rings. The smallest absolute Gasteiger partial charge is 0.196 e. The number of alkyl halides is 2. The fourth-order valence-corrected chi connectivity index (χ4v) is 2.96. The maximum atomic E-state index is 14.7. The highest BCUT2D eigenvalue weighted by atomic mass is 19.3. The quantitative estimate of drug-likeness (QED) is 0.634. The molecule has 0 aliphatic heterocycles. The van der Waals surface area contributed by atoms with E-state index in [1.54, 1.807) is 12.1 Å². The molecule has 0 spiro atoms. The fourth-order valence-electron chi connectivity index (χ4n) is 2.96. The summed E-state index contributed by atoms with van der Waals surface area (Å²) < 4.78 is 29.3. The number of benzene rings is 2. The van der Waals surface area contributed by atoms with Crippen LogP contribution >= 0.6 is 0 Å². The highest BCUT2D eigenvalue weighted by Gasteiger charge is 2.44. The van der Waals surface area contributed by atoms with Crippen LogP contribution in [0.1, 0.15) is 49.9 Å². The molecule has 0 N–H and O–H groups in total. The van der Waals surface area contributed by atoms with Crippen molar-refractivity contribution in [2.24, 2.45) is 0 Å². The summed E-state index contributed by atoms with van der Waals surface area (Å²) >= 11 is 0. The first-order chi connectivity index (χ1) is 9.75. The lowest BCUT2D eigenvalue weighted by molar-refractivity contribution is 0.0479. The average molecular weight is 286 g/mol. The van der Waals surface area contributed by atoms with Crippen LogP contribution in [-0.4, -0.2) is 0 Å². The number of halogens is 2. The normalized spacial score (nSPS) is 15.7. The molecule has 110 valence electrons. The predicted molar refractivity (Wildman–Crippen MR) is 83.0 cm³/mol. The molecule has 0 nitrogen and oxygen atoms in total. The number of fused-ring (bicyclic) bond motifs is 3. The number of hydrogen-bond donors (Lipinski definition) is 0. The van der Waals surface area contributed by atoms with Gasteiger partial charge in [-0.15, -0.1) is 0 Å². The van der Waals surface area contributed by atoms with E-state index in [4.69, 9.17) is 0 Å². The van der Waals surface area contributed by atoms with Crippen molar-refractivity contribution >= 4 is 0 Å². The van der Waals surface area contributed by atoms with E-state index in [0.29, 0.717) is 11.1 Å². The van der Waals surface area contributed by atoms with Gasteiger partial charge in [-0.2, -0.15) is 8.78 Å². The first kappa shape index (κ1) is 14.2. The zero-order chi connectivity index (χ0) is 15.4. The van der Waals surface area contributed by atoms with Gasteiger partial charge in [0.15, 0.2) is 0 Å². The SMILES string of the molecule is CCc1ccc2c(c1)C(F)(F)c1ccc(C(C)(C)C)cc1-2. The van der Waals surface area contributed by atoms with Gasteiger partial charge >= 0.3 is 0 Å². The van der Waals surface area contributed by atoms with Crippen LogP contribution in [0.25, 0.3) is 11.1 Å². The minimum absolute atomic E-state index is 0.0452. The monoisotopic (exact) mass is 286 g/mol. The van der Waals surface area contributed by atoms with Gasteiger partial charge in [0.25, 0.3) is 5.92 Å². The van der Waals surface area contributed by atoms with Crippen LogP contribution in [0.4, 0.5) is 8.78 Å². The van der Waals surface area contributed by atoms with Gasteiger partial charge in [-0.05, 0) is 40.2 Å². The summed E-state index contributed by atoms with van der Waals surface area (Å²) in [6, 6.07) is 10.8. The van der Waals surface area contributed by atoms with Crippen molar-refractivity contribution in [2.45, 2.75) is 45.5 Å². The second-order valence-electron chi connectivity index (χ2n) is 6.82. The summed E-state index contributed by atoms with van der Waals surface area (Å²) in [6.07, 6.45) is 0.771. The Morgan fingerprint density at radius 1 is 0.905 bits per heavy atom. The first-order valence-corrected chi connectivity index (χ1v) is 7.41. The summed E-state index contributed by atoms with van der Waals surface area (Å²) in [6.45, 7) is 8.29. The van der Waals surface area contributed by atoms with Crippen molar-refractivity contribution in [3.8, 4) is 11.1 Å². The molecular weight excluding hydrogens is 266 g/mol. The van der Waals surface area contributed by atoms with Gasteiger partial charge in [-0.3, -0.25) is 0 Å². The van der Waals surface area contributed by atoms with Crippen LogP contribution in [0.2, 0.25) is 0 Å². The molecule has 0 radical (unpaired) electrons. The molecule has 0 unspecified atom stereocenters. The van der Waals surface area contributed by atoms with Gasteiger partial charge in [-0.1, -0.05) is 58.0 Å². The van der Waals surface area contributed by atoms with Gasteiger partial charge < -0.3 is 0 Å². The molecule has 0 amide bonds. The molecule has 1 aliphatic carbocycles. The number of aryl methyl sites for hydroxylation is 1. The van der Waals surface area contributed by atoms with Gasteiger partial charge in [0.2, 0.25) is 0 Å². The van der Waals surface area contributed by atoms with Crippen molar-refractivity contribution in [1.29, 1.82) is 0 Å². The van der Waals surface area contributed by atoms with Crippen molar-refractivity contribution < 1.29 is 8.78 Å². The Morgan fingerprint density at radius 2 is 1.62 bits per heavy atom. The third-order valence-electron chi connectivity index (χ3n) is 4.34. The predicted octanol–water partition coefficient (Wildman–Crippen LogP) is 5.67. The lowest BCUT2D eigenvalue weighted by Gasteiger charge is -2.20. The van der Waals surface area contributed by atoms with E-state index in [-0.39, 0.29) is 16.5 Å². The van der Waals surface area contributed by atoms with Gasteiger partial charge in [0, 0.05) is 11.1 Å². The standard InChI is InChI=1S/C19H20F2/c1-5-12-6-8-14-15-11-13(18(2,3)4)7-9-16(15)19(20,21)17(14)10-12/h6-11H,5H2,1-4H3. The summed E-state index contributed by atoms with van der Waals surface area (Å²) in [4.78, 5) is 0. The second-order valence-corrected chi connectivity index (χ2v) is 6.82. The van der Waals surface area contributed by atoms with Crippen LogP contribution in [-0.2, 0) is 17.8 Å². The van der Waals surface area contributed by atoms with E-state index in [0.717, 1.165) is 17.5 Å². The summed E-state index contributed by atoms with van der Waals surface area (Å²) in [5, 5.41) is 0. The topological polar surface area (TPSA) is 0 Å². The summed E-state index contributed by atoms with van der Waals surface area (Å²) in [5.41, 5.74) is 3.66. The van der Waals surface area contributed by atoms with E-state index in [2.05, 4.69) is 20.8 Å². The maximum Gasteiger partial charge on any atom is 0.299 e. The molecule has 0 atom stereocenters. The summed E-state index contributed by atoms with van der Waals surface area (Å²) in [5.74, 6) is -2.88. The largest absolute Gasteiger partial charge is 0.299 e. The average Bonchev–Trinajstić information content (AvgIpc) is 2.66. The van der Waals surface area contributed by atoms with Crippen LogP contribution < -0.4 is 0 Å². The molecule has 21 heavy (non-hydrogen) atoms. The Bertz CT molecular complexity index is 706. The molecular formula is C19H20F2. The molecule has 0 saturated carbocycles. The second kappa shape index (κ2) is 4.40. The third-order valence-corrected chi connectivity index (χ3v) is 4.34. The minimum atomic E-state index is -2.88. The van der Waals surface area contributed by atoms with Crippen LogP contribution in [0.3, 0.4) is 0 Å². The van der Waals surface area contributed by atoms with E-state index in [1.807, 2.05) is 31.2 Å². The lowest BCUT2D eigenvalue weighted by atomic mass is 9.85. The molecule has 2 aromatic carbocycles. The Morgan fingerprint density at radius 3 is 2.24 bits per heavy atom. The summed E-state index contributed by atoms with van der Waals surface area (Å²) in [7, 11) is 0. The van der Waals surface area contributed by atoms with E-state index in [1.165, 1.54) is 0 Å². The first-order valence-electron chi connectivity index (χ1n) is 7.41. The molecule has 2 aromatic rings. The van der Waals surface area contributed by atoms with Gasteiger partial charge in [-0.25, -0.2) is 0 Å². The molecule has 0 saturated heterocycles. The third kappa shape index (κ3) is 2.08. The lowest BCUT2D eigenvalue weighted by Crippen LogP contribution is -2.13. The van der Waals surface area contributed by atoms with Gasteiger partial charge in [0.05, 0.1) is 0 Å². The van der Waals surface area contributed by atoms with Crippen molar-refractivity contribution in [2.75, 3.05) is 0 Å². The van der Waals surface area contributed by atoms with E-state index < -0.39 is 5.92 Å². The minimum Gasteiger partial charge on any atom is -0.196 e.